The molecule has 0 aliphatic heterocycles. The Kier molecular flexibility index (Phi) is 4.60. The molecule has 8 heteroatoms. The van der Waals surface area contributed by atoms with Crippen LogP contribution in [0.1, 0.15) is 16.4 Å². The van der Waals surface area contributed by atoms with Crippen LogP contribution in [-0.4, -0.2) is 35.1 Å². The van der Waals surface area contributed by atoms with Crippen LogP contribution < -0.4 is 15.5 Å². The number of aromatic nitrogens is 3. The second kappa shape index (κ2) is 7.00. The van der Waals surface area contributed by atoms with Gasteiger partial charge in [-0.05, 0) is 31.2 Å². The third-order valence-corrected chi connectivity index (χ3v) is 3.36. The van der Waals surface area contributed by atoms with E-state index in [-0.39, 0.29) is 11.7 Å². The SMILES string of the molecule is Cc1nc(Nc2ccc(NC(=O)c3ccno3)cc2)cc(N(C)C)n1. The zero-order valence-corrected chi connectivity index (χ0v) is 14.1. The summed E-state index contributed by atoms with van der Waals surface area (Å²) in [5, 5.41) is 9.48. The second-order valence-electron chi connectivity index (χ2n) is 5.59. The van der Waals surface area contributed by atoms with Gasteiger partial charge < -0.3 is 20.1 Å². The molecule has 0 atom stereocenters. The van der Waals surface area contributed by atoms with Crippen molar-refractivity contribution >= 4 is 28.9 Å². The number of nitrogens with zero attached hydrogens (tertiary/aromatic N) is 4. The van der Waals surface area contributed by atoms with E-state index in [1.807, 2.05) is 44.1 Å². The molecule has 0 spiro atoms. The van der Waals surface area contributed by atoms with Crippen LogP contribution in [-0.2, 0) is 0 Å². The summed E-state index contributed by atoms with van der Waals surface area (Å²) in [4.78, 5) is 22.6. The highest BCUT2D eigenvalue weighted by Gasteiger charge is 2.10. The molecule has 0 fully saturated rings. The highest BCUT2D eigenvalue weighted by Crippen LogP contribution is 2.20. The molecule has 2 heterocycles. The summed E-state index contributed by atoms with van der Waals surface area (Å²) in [6.07, 6.45) is 1.42. The number of hydrogen-bond donors (Lipinski definition) is 2. The van der Waals surface area contributed by atoms with Crippen molar-refractivity contribution in [3.05, 3.63) is 54.2 Å². The summed E-state index contributed by atoms with van der Waals surface area (Å²) in [6.45, 7) is 1.85. The maximum atomic E-state index is 11.9. The number of aryl methyl sites for hydroxylation is 1. The Morgan fingerprint density at radius 1 is 1.08 bits per heavy atom. The standard InChI is InChI=1S/C17H18N6O2/c1-11-19-15(10-16(20-11)23(2)3)21-12-4-6-13(7-5-12)22-17(24)14-8-9-18-25-14/h4-10H,1-3H3,(H,22,24)(H,19,20,21). The minimum atomic E-state index is -0.347. The maximum absolute atomic E-state index is 11.9. The first-order chi connectivity index (χ1) is 12.0. The Labute approximate surface area is 144 Å². The van der Waals surface area contributed by atoms with Crippen LogP contribution in [0, 0.1) is 6.92 Å². The molecular weight excluding hydrogens is 320 g/mol. The van der Waals surface area contributed by atoms with Crippen molar-refractivity contribution in [3.8, 4) is 0 Å². The zero-order valence-electron chi connectivity index (χ0n) is 14.1. The Morgan fingerprint density at radius 3 is 2.44 bits per heavy atom. The lowest BCUT2D eigenvalue weighted by atomic mass is 10.2. The van der Waals surface area contributed by atoms with E-state index < -0.39 is 0 Å². The molecule has 0 unspecified atom stereocenters. The van der Waals surface area contributed by atoms with E-state index in [4.69, 9.17) is 4.52 Å². The number of hydrogen-bond acceptors (Lipinski definition) is 7. The maximum Gasteiger partial charge on any atom is 0.294 e. The molecule has 0 aliphatic rings. The molecule has 1 aromatic carbocycles. The molecule has 0 aliphatic carbocycles. The Hall–Kier alpha value is -3.42. The Bertz CT molecular complexity index is 859. The van der Waals surface area contributed by atoms with Gasteiger partial charge in [-0.2, -0.15) is 0 Å². The fourth-order valence-corrected chi connectivity index (χ4v) is 2.16. The Balaban J connectivity index is 1.70. The van der Waals surface area contributed by atoms with Crippen molar-refractivity contribution in [1.82, 2.24) is 15.1 Å². The van der Waals surface area contributed by atoms with E-state index in [0.717, 1.165) is 11.5 Å². The molecule has 1 amide bonds. The summed E-state index contributed by atoms with van der Waals surface area (Å²) in [6, 6.07) is 10.7. The third-order valence-electron chi connectivity index (χ3n) is 3.36. The summed E-state index contributed by atoms with van der Waals surface area (Å²) < 4.78 is 4.82. The molecule has 3 rings (SSSR count). The summed E-state index contributed by atoms with van der Waals surface area (Å²) >= 11 is 0. The highest BCUT2D eigenvalue weighted by molar-refractivity contribution is 6.02. The van der Waals surface area contributed by atoms with Crippen molar-refractivity contribution in [1.29, 1.82) is 0 Å². The first kappa shape index (κ1) is 16.4. The molecule has 2 N–H and O–H groups in total. The van der Waals surface area contributed by atoms with E-state index in [9.17, 15) is 4.79 Å². The zero-order chi connectivity index (χ0) is 17.8. The molecule has 0 bridgehead atoms. The predicted molar refractivity (Wildman–Crippen MR) is 95.3 cm³/mol. The fourth-order valence-electron chi connectivity index (χ4n) is 2.16. The van der Waals surface area contributed by atoms with E-state index in [1.54, 1.807) is 12.1 Å². The van der Waals surface area contributed by atoms with E-state index in [2.05, 4.69) is 25.8 Å². The van der Waals surface area contributed by atoms with Gasteiger partial charge in [0, 0.05) is 37.6 Å². The van der Waals surface area contributed by atoms with Crippen LogP contribution in [0.5, 0.6) is 0 Å². The lowest BCUT2D eigenvalue weighted by molar-refractivity contribution is 0.0988. The molecule has 0 saturated carbocycles. The average molecular weight is 338 g/mol. The number of benzene rings is 1. The second-order valence-corrected chi connectivity index (χ2v) is 5.59. The largest absolute Gasteiger partial charge is 0.363 e. The van der Waals surface area contributed by atoms with Crippen molar-refractivity contribution in [2.24, 2.45) is 0 Å². The van der Waals surface area contributed by atoms with Crippen molar-refractivity contribution in [2.45, 2.75) is 6.92 Å². The predicted octanol–water partition coefficient (Wildman–Crippen LogP) is 2.83. The molecule has 0 radical (unpaired) electrons. The van der Waals surface area contributed by atoms with E-state index >= 15 is 0 Å². The summed E-state index contributed by atoms with van der Waals surface area (Å²) in [5.74, 6) is 2.03. The fraction of sp³-hybridized carbons (Fsp3) is 0.176. The first-order valence-electron chi connectivity index (χ1n) is 7.63. The molecule has 3 aromatic rings. The third kappa shape index (κ3) is 4.11. The number of carbonyl (C=O) groups excluding carboxylic acids is 1. The van der Waals surface area contributed by atoms with Crippen LogP contribution in [0.3, 0.4) is 0 Å². The smallest absolute Gasteiger partial charge is 0.294 e. The number of anilines is 4. The molecule has 0 saturated heterocycles. The van der Waals surface area contributed by atoms with E-state index in [0.29, 0.717) is 17.3 Å². The molecule has 2 aromatic heterocycles. The molecule has 128 valence electrons. The minimum Gasteiger partial charge on any atom is -0.363 e. The van der Waals surface area contributed by atoms with Gasteiger partial charge in [-0.1, -0.05) is 5.16 Å². The lowest BCUT2D eigenvalue weighted by Gasteiger charge is -2.14. The summed E-state index contributed by atoms with van der Waals surface area (Å²) in [5.41, 5.74) is 1.50. The van der Waals surface area contributed by atoms with Crippen molar-refractivity contribution in [2.75, 3.05) is 29.6 Å². The van der Waals surface area contributed by atoms with Gasteiger partial charge in [0.1, 0.15) is 17.5 Å². The van der Waals surface area contributed by atoms with Gasteiger partial charge in [0.05, 0.1) is 6.20 Å². The average Bonchev–Trinajstić information content (AvgIpc) is 3.11. The van der Waals surface area contributed by atoms with Crippen LogP contribution >= 0.6 is 0 Å². The number of nitrogens with one attached hydrogen (secondary N) is 2. The number of carbonyl (C=O) groups is 1. The van der Waals surface area contributed by atoms with E-state index in [1.165, 1.54) is 12.3 Å². The van der Waals surface area contributed by atoms with Gasteiger partial charge in [-0.25, -0.2) is 9.97 Å². The Morgan fingerprint density at radius 2 is 1.80 bits per heavy atom. The topological polar surface area (TPSA) is 96.2 Å². The molecule has 25 heavy (non-hydrogen) atoms. The van der Waals surface area contributed by atoms with Gasteiger partial charge in [0.2, 0.25) is 5.76 Å². The van der Waals surface area contributed by atoms with Crippen LogP contribution in [0.2, 0.25) is 0 Å². The molecular formula is C17H18N6O2. The van der Waals surface area contributed by atoms with Crippen LogP contribution in [0.15, 0.2) is 47.1 Å². The van der Waals surface area contributed by atoms with Gasteiger partial charge in [0.15, 0.2) is 0 Å². The number of rotatable bonds is 5. The quantitative estimate of drug-likeness (QED) is 0.738. The van der Waals surface area contributed by atoms with Gasteiger partial charge in [-0.3, -0.25) is 4.79 Å². The summed E-state index contributed by atoms with van der Waals surface area (Å²) in [7, 11) is 3.86. The van der Waals surface area contributed by atoms with Gasteiger partial charge >= 0.3 is 0 Å². The first-order valence-corrected chi connectivity index (χ1v) is 7.63. The van der Waals surface area contributed by atoms with Crippen molar-refractivity contribution < 1.29 is 9.32 Å². The van der Waals surface area contributed by atoms with Gasteiger partial charge in [-0.15, -0.1) is 0 Å². The number of amides is 1. The van der Waals surface area contributed by atoms with Crippen LogP contribution in [0.25, 0.3) is 0 Å². The van der Waals surface area contributed by atoms with Gasteiger partial charge in [0.25, 0.3) is 5.91 Å². The minimum absolute atomic E-state index is 0.162. The lowest BCUT2D eigenvalue weighted by Crippen LogP contribution is -2.12. The van der Waals surface area contributed by atoms with Crippen molar-refractivity contribution in [3.63, 3.8) is 0 Å². The molecule has 8 nitrogen and oxygen atoms in total. The monoisotopic (exact) mass is 338 g/mol. The normalized spacial score (nSPS) is 10.4. The van der Waals surface area contributed by atoms with Crippen LogP contribution in [0.4, 0.5) is 23.0 Å². The highest BCUT2D eigenvalue weighted by atomic mass is 16.5.